The Labute approximate surface area is 223 Å². The number of carbonyl (C=O) groups is 1. The molecular formula is C26H29ClF3N7O. The van der Waals surface area contributed by atoms with Crippen molar-refractivity contribution in [3.05, 3.63) is 58.6 Å². The van der Waals surface area contributed by atoms with E-state index in [-0.39, 0.29) is 24.5 Å². The molecule has 8 nitrogen and oxygen atoms in total. The molecule has 2 aliphatic heterocycles. The SMILES string of the molecule is N[C@H]1CCN(c2ccc3c(C(=O)NCC(c4cnc(C(F)(F)F)nc4)N4CCCCC4)c(Cl)ccc3n2)C1. The van der Waals surface area contributed by atoms with Gasteiger partial charge in [0.05, 0.1) is 22.1 Å². The number of benzene rings is 1. The van der Waals surface area contributed by atoms with E-state index >= 15 is 0 Å². The summed E-state index contributed by atoms with van der Waals surface area (Å²) in [5.74, 6) is -0.771. The molecular weight excluding hydrogens is 519 g/mol. The molecule has 0 bridgehead atoms. The number of rotatable bonds is 6. The summed E-state index contributed by atoms with van der Waals surface area (Å²) in [6, 6.07) is 6.88. The molecule has 2 aromatic heterocycles. The number of fused-ring (bicyclic) bond motifs is 1. The summed E-state index contributed by atoms with van der Waals surface area (Å²) in [7, 11) is 0. The topological polar surface area (TPSA) is 100 Å². The third-order valence-electron chi connectivity index (χ3n) is 7.18. The van der Waals surface area contributed by atoms with E-state index in [9.17, 15) is 18.0 Å². The molecule has 12 heteroatoms. The fraction of sp³-hybridized carbons (Fsp3) is 0.462. The third-order valence-corrected chi connectivity index (χ3v) is 7.49. The first kappa shape index (κ1) is 26.6. The standard InChI is InChI=1S/C26H29ClF3N7O/c27-19-5-6-20-18(4-7-22(35-20)37-11-8-17(31)15-37)23(19)24(38)32-14-21(36-9-2-1-3-10-36)16-12-33-25(34-13-16)26(28,29)30/h4-7,12-13,17,21H,1-3,8-11,14-15,31H2,(H,32,38)/t17-,21?/m0/s1. The van der Waals surface area contributed by atoms with E-state index in [1.54, 1.807) is 12.1 Å². The number of aromatic nitrogens is 3. The maximum atomic E-state index is 13.4. The highest BCUT2D eigenvalue weighted by atomic mass is 35.5. The lowest BCUT2D eigenvalue weighted by Crippen LogP contribution is -2.41. The predicted octanol–water partition coefficient (Wildman–Crippen LogP) is 4.19. The van der Waals surface area contributed by atoms with Crippen LogP contribution >= 0.6 is 11.6 Å². The largest absolute Gasteiger partial charge is 0.451 e. The molecule has 3 N–H and O–H groups in total. The first-order chi connectivity index (χ1) is 18.2. The second-order valence-corrected chi connectivity index (χ2v) is 10.2. The van der Waals surface area contributed by atoms with E-state index in [0.717, 1.165) is 57.7 Å². The summed E-state index contributed by atoms with van der Waals surface area (Å²) in [5, 5.41) is 3.86. The summed E-state index contributed by atoms with van der Waals surface area (Å²) in [6.45, 7) is 3.25. The van der Waals surface area contributed by atoms with Crippen LogP contribution in [0, 0.1) is 0 Å². The predicted molar refractivity (Wildman–Crippen MR) is 139 cm³/mol. The second-order valence-electron chi connectivity index (χ2n) is 9.81. The normalized spacial score (nSPS) is 19.6. The molecule has 0 aliphatic carbocycles. The number of amides is 1. The van der Waals surface area contributed by atoms with Crippen LogP contribution in [0.15, 0.2) is 36.7 Å². The lowest BCUT2D eigenvalue weighted by molar-refractivity contribution is -0.145. The van der Waals surface area contributed by atoms with Crippen molar-refractivity contribution in [2.45, 2.75) is 43.9 Å². The number of hydrogen-bond donors (Lipinski definition) is 2. The smallest absolute Gasteiger partial charge is 0.355 e. The van der Waals surface area contributed by atoms with E-state index in [2.05, 4.69) is 25.1 Å². The molecule has 4 heterocycles. The van der Waals surface area contributed by atoms with Crippen LogP contribution in [-0.2, 0) is 6.18 Å². The summed E-state index contributed by atoms with van der Waals surface area (Å²) < 4.78 is 39.0. The van der Waals surface area contributed by atoms with Crippen LogP contribution in [0.3, 0.4) is 0 Å². The summed E-state index contributed by atoms with van der Waals surface area (Å²) in [6.07, 6.45) is 1.70. The van der Waals surface area contributed by atoms with E-state index in [1.807, 2.05) is 12.1 Å². The number of nitrogens with zero attached hydrogens (tertiary/aromatic N) is 5. The third kappa shape index (κ3) is 5.69. The minimum absolute atomic E-state index is 0.113. The average molecular weight is 548 g/mol. The highest BCUT2D eigenvalue weighted by molar-refractivity contribution is 6.35. The Morgan fingerprint density at radius 3 is 2.50 bits per heavy atom. The molecule has 2 fully saturated rings. The number of nitrogens with one attached hydrogen (secondary N) is 1. The van der Waals surface area contributed by atoms with Gasteiger partial charge in [0.1, 0.15) is 5.82 Å². The molecule has 1 unspecified atom stereocenters. The monoisotopic (exact) mass is 547 g/mol. The van der Waals surface area contributed by atoms with Crippen molar-refractivity contribution in [2.24, 2.45) is 5.73 Å². The molecule has 1 aromatic carbocycles. The van der Waals surface area contributed by atoms with E-state index in [1.165, 1.54) is 12.4 Å². The van der Waals surface area contributed by atoms with Crippen LogP contribution in [-0.4, -0.2) is 64.5 Å². The fourth-order valence-electron chi connectivity index (χ4n) is 5.19. The molecule has 2 saturated heterocycles. The van der Waals surface area contributed by atoms with Crippen molar-refractivity contribution in [2.75, 3.05) is 37.6 Å². The zero-order valence-electron chi connectivity index (χ0n) is 20.7. The van der Waals surface area contributed by atoms with Gasteiger partial charge in [-0.05, 0) is 56.6 Å². The molecule has 3 aromatic rings. The Balaban J connectivity index is 1.38. The first-order valence-corrected chi connectivity index (χ1v) is 13.1. The number of likely N-dealkylation sites (tertiary alicyclic amines) is 1. The van der Waals surface area contributed by atoms with Crippen molar-refractivity contribution >= 4 is 34.2 Å². The van der Waals surface area contributed by atoms with Gasteiger partial charge < -0.3 is 16.0 Å². The Morgan fingerprint density at radius 2 is 1.84 bits per heavy atom. The van der Waals surface area contributed by atoms with Crippen molar-refractivity contribution in [3.63, 3.8) is 0 Å². The Morgan fingerprint density at radius 1 is 1.11 bits per heavy atom. The maximum Gasteiger partial charge on any atom is 0.451 e. The highest BCUT2D eigenvalue weighted by Gasteiger charge is 2.35. The lowest BCUT2D eigenvalue weighted by Gasteiger charge is -2.34. The van der Waals surface area contributed by atoms with Gasteiger partial charge in [0.2, 0.25) is 5.82 Å². The van der Waals surface area contributed by atoms with Gasteiger partial charge >= 0.3 is 6.18 Å². The zero-order chi connectivity index (χ0) is 26.9. The van der Waals surface area contributed by atoms with Crippen molar-refractivity contribution < 1.29 is 18.0 Å². The van der Waals surface area contributed by atoms with Gasteiger partial charge in [-0.15, -0.1) is 0 Å². The van der Waals surface area contributed by atoms with Crippen LogP contribution < -0.4 is 16.0 Å². The number of nitrogens with two attached hydrogens (primary N) is 1. The van der Waals surface area contributed by atoms with Gasteiger partial charge in [0.15, 0.2) is 0 Å². The Kier molecular flexibility index (Phi) is 7.69. The number of hydrogen-bond acceptors (Lipinski definition) is 7. The number of piperidine rings is 1. The Bertz CT molecular complexity index is 1300. The average Bonchev–Trinajstić information content (AvgIpc) is 3.35. The highest BCUT2D eigenvalue weighted by Crippen LogP contribution is 2.30. The summed E-state index contributed by atoms with van der Waals surface area (Å²) in [4.78, 5) is 29.5. The molecule has 0 spiro atoms. The van der Waals surface area contributed by atoms with Gasteiger partial charge in [-0.25, -0.2) is 15.0 Å². The van der Waals surface area contributed by atoms with Crippen molar-refractivity contribution in [3.8, 4) is 0 Å². The van der Waals surface area contributed by atoms with Crippen LogP contribution in [0.1, 0.15) is 53.5 Å². The molecule has 0 saturated carbocycles. The second kappa shape index (κ2) is 11.0. The van der Waals surface area contributed by atoms with Crippen LogP contribution in [0.2, 0.25) is 5.02 Å². The maximum absolute atomic E-state index is 13.4. The van der Waals surface area contributed by atoms with Crippen molar-refractivity contribution in [1.82, 2.24) is 25.2 Å². The zero-order valence-corrected chi connectivity index (χ0v) is 21.5. The quantitative estimate of drug-likeness (QED) is 0.477. The number of halogens is 4. The molecule has 0 radical (unpaired) electrons. The minimum Gasteiger partial charge on any atom is -0.355 e. The molecule has 5 rings (SSSR count). The van der Waals surface area contributed by atoms with E-state index < -0.39 is 12.0 Å². The molecule has 2 aliphatic rings. The molecule has 1 amide bonds. The van der Waals surface area contributed by atoms with Gasteiger partial charge in [-0.1, -0.05) is 18.0 Å². The van der Waals surface area contributed by atoms with Crippen molar-refractivity contribution in [1.29, 1.82) is 0 Å². The summed E-state index contributed by atoms with van der Waals surface area (Å²) >= 11 is 6.47. The number of alkyl halides is 3. The van der Waals surface area contributed by atoms with E-state index in [4.69, 9.17) is 22.3 Å². The number of pyridine rings is 1. The molecule has 38 heavy (non-hydrogen) atoms. The Hall–Kier alpha value is -3.02. The summed E-state index contributed by atoms with van der Waals surface area (Å²) in [5.41, 5.74) is 7.50. The van der Waals surface area contributed by atoms with Crippen LogP contribution in [0.5, 0.6) is 0 Å². The number of anilines is 1. The number of carbonyl (C=O) groups excluding carboxylic acids is 1. The van der Waals surface area contributed by atoms with Crippen LogP contribution in [0.25, 0.3) is 10.9 Å². The van der Waals surface area contributed by atoms with Gasteiger partial charge in [-0.2, -0.15) is 13.2 Å². The molecule has 2 atom stereocenters. The van der Waals surface area contributed by atoms with Gasteiger partial charge in [0.25, 0.3) is 5.91 Å². The molecule has 202 valence electrons. The fourth-order valence-corrected chi connectivity index (χ4v) is 5.44. The lowest BCUT2D eigenvalue weighted by atomic mass is 10.0. The van der Waals surface area contributed by atoms with Gasteiger partial charge in [0, 0.05) is 49.0 Å². The first-order valence-electron chi connectivity index (χ1n) is 12.7. The minimum atomic E-state index is -4.62. The van der Waals surface area contributed by atoms with Gasteiger partial charge in [-0.3, -0.25) is 9.69 Å². The van der Waals surface area contributed by atoms with Crippen LogP contribution in [0.4, 0.5) is 19.0 Å². The van der Waals surface area contributed by atoms with E-state index in [0.29, 0.717) is 27.1 Å².